The van der Waals surface area contributed by atoms with Gasteiger partial charge in [-0.1, -0.05) is 62.8 Å². The molecule has 7 rings (SSSR count). The summed E-state index contributed by atoms with van der Waals surface area (Å²) in [5.74, 6) is 1.29. The third kappa shape index (κ3) is 13.5. The van der Waals surface area contributed by atoms with Crippen LogP contribution in [-0.2, 0) is 50.7 Å². The van der Waals surface area contributed by atoms with Gasteiger partial charge in [-0.2, -0.15) is 4.31 Å². The fourth-order valence-electron chi connectivity index (χ4n) is 12.1. The minimum absolute atomic E-state index is 0.00343. The molecule has 2 aromatic rings. The van der Waals surface area contributed by atoms with Crippen LogP contribution in [0, 0.1) is 39.9 Å². The molecule has 14 atom stereocenters. The SMILES string of the molecule is C/C(=C/CC(=O)SCCNC(=O)CCNC(=O)[C@H](O)C(C)(C)COP(=O)(O)OP(=O)(O)OC[C@H]1O[C@@H](n2cnc3c(N)ncnc32)[C@H](O)[C@@H]1OP(=O)(O)O)[C@H]1CC[C@H]2[C@@H]3CC=C4C[C@@H](O)CC[C@]4(C)[C@H]3CC[C@]12C. The Labute approximate surface area is 432 Å². The van der Waals surface area contributed by atoms with Gasteiger partial charge in [-0.05, 0) is 92.8 Å². The number of phosphoric acid groups is 3. The van der Waals surface area contributed by atoms with E-state index in [1.165, 1.54) is 44.3 Å². The molecule has 0 radical (unpaired) electrons. The zero-order valence-electron chi connectivity index (χ0n) is 41.9. The zero-order valence-corrected chi connectivity index (χ0v) is 45.4. The summed E-state index contributed by atoms with van der Waals surface area (Å²) in [5.41, 5.74) is 7.41. The van der Waals surface area contributed by atoms with Crippen LogP contribution >= 0.6 is 35.2 Å². The summed E-state index contributed by atoms with van der Waals surface area (Å²) in [6.45, 7) is 7.57. The highest BCUT2D eigenvalue weighted by molar-refractivity contribution is 8.13. The second-order valence-corrected chi connectivity index (χ2v) is 26.7. The smallest absolute Gasteiger partial charge is 0.393 e. The molecule has 25 nitrogen and oxygen atoms in total. The van der Waals surface area contributed by atoms with E-state index in [-0.39, 0.29) is 58.5 Å². The lowest BCUT2D eigenvalue weighted by Gasteiger charge is -2.58. The molecule has 2 aromatic heterocycles. The van der Waals surface area contributed by atoms with Crippen molar-refractivity contribution in [2.24, 2.45) is 39.9 Å². The van der Waals surface area contributed by atoms with Crippen LogP contribution < -0.4 is 16.4 Å². The molecule has 1 aliphatic heterocycles. The number of nitrogens with zero attached hydrogens (tertiary/aromatic N) is 4. The maximum Gasteiger partial charge on any atom is 0.481 e. The van der Waals surface area contributed by atoms with Crippen molar-refractivity contribution in [2.75, 3.05) is 37.8 Å². The Kier molecular flexibility index (Phi) is 18.4. The molecule has 5 aliphatic rings. The summed E-state index contributed by atoms with van der Waals surface area (Å²) in [6, 6.07) is 0. The molecule has 2 unspecified atom stereocenters. The van der Waals surface area contributed by atoms with Crippen molar-refractivity contribution in [2.45, 2.75) is 136 Å². The number of carbonyl (C=O) groups excluding carboxylic acids is 3. The van der Waals surface area contributed by atoms with Crippen LogP contribution in [0.5, 0.6) is 0 Å². The van der Waals surface area contributed by atoms with E-state index in [2.05, 4.69) is 67.3 Å². The molecule has 4 aliphatic carbocycles. The van der Waals surface area contributed by atoms with Crippen molar-refractivity contribution in [3.8, 4) is 0 Å². The van der Waals surface area contributed by atoms with Crippen molar-refractivity contribution in [3.63, 3.8) is 0 Å². The van der Waals surface area contributed by atoms with Gasteiger partial charge in [0.2, 0.25) is 11.8 Å². The van der Waals surface area contributed by atoms with Crippen LogP contribution in [0.1, 0.15) is 105 Å². The normalized spacial score (nSPS) is 32.4. The number of ether oxygens (including phenoxy) is 1. The molecule has 29 heteroatoms. The number of nitrogen functional groups attached to an aromatic ring is 1. The van der Waals surface area contributed by atoms with E-state index in [0.29, 0.717) is 35.8 Å². The highest BCUT2D eigenvalue weighted by atomic mass is 32.2. The molecule has 0 bridgehead atoms. The number of carbonyl (C=O) groups is 3. The van der Waals surface area contributed by atoms with Crippen molar-refractivity contribution in [1.29, 1.82) is 0 Å². The monoisotopic (exact) mass is 1120 g/mol. The number of rotatable bonds is 22. The number of nitrogens with two attached hydrogens (primary N) is 1. The number of aromatic nitrogens is 4. The van der Waals surface area contributed by atoms with E-state index in [9.17, 15) is 63.0 Å². The van der Waals surface area contributed by atoms with Gasteiger partial charge >= 0.3 is 23.5 Å². The zero-order chi connectivity index (χ0) is 54.2. The second-order valence-electron chi connectivity index (χ2n) is 21.3. The van der Waals surface area contributed by atoms with Crippen LogP contribution in [-0.4, -0.2) is 134 Å². The summed E-state index contributed by atoms with van der Waals surface area (Å²) in [4.78, 5) is 89.6. The molecule has 74 heavy (non-hydrogen) atoms. The minimum atomic E-state index is -5.59. The molecule has 1 saturated heterocycles. The number of aliphatic hydroxyl groups is 3. The lowest BCUT2D eigenvalue weighted by atomic mass is 9.47. The predicted molar refractivity (Wildman–Crippen MR) is 267 cm³/mol. The first-order valence-corrected chi connectivity index (χ1v) is 30.1. The first kappa shape index (κ1) is 58.7. The molecule has 4 fully saturated rings. The molecular formula is C45H70N7O18P3S. The van der Waals surface area contributed by atoms with Gasteiger partial charge in [-0.25, -0.2) is 28.6 Å². The van der Waals surface area contributed by atoms with Crippen LogP contribution in [0.2, 0.25) is 0 Å². The van der Waals surface area contributed by atoms with E-state index >= 15 is 0 Å². The third-order valence-corrected chi connectivity index (χ3v) is 20.0. The lowest BCUT2D eigenvalue weighted by Crippen LogP contribution is -2.50. The highest BCUT2D eigenvalue weighted by Crippen LogP contribution is 2.67. The number of hydrogen-bond donors (Lipinski definition) is 10. The number of thioether (sulfide) groups is 1. The minimum Gasteiger partial charge on any atom is -0.393 e. The van der Waals surface area contributed by atoms with Gasteiger partial charge < -0.3 is 56.0 Å². The van der Waals surface area contributed by atoms with E-state index in [1.54, 1.807) is 0 Å². The summed E-state index contributed by atoms with van der Waals surface area (Å²) in [5, 5.41) is 37.2. The van der Waals surface area contributed by atoms with Crippen molar-refractivity contribution >= 4 is 69.1 Å². The molecule has 0 aromatic carbocycles. The number of hydrogen-bond acceptors (Lipinski definition) is 19. The Balaban J connectivity index is 0.787. The Bertz CT molecular complexity index is 2620. The number of phosphoric ester groups is 3. The maximum atomic E-state index is 12.9. The van der Waals surface area contributed by atoms with Crippen molar-refractivity contribution in [1.82, 2.24) is 30.2 Å². The number of anilines is 1. The number of aliphatic hydroxyl groups excluding tert-OH is 3. The first-order chi connectivity index (χ1) is 34.5. The summed E-state index contributed by atoms with van der Waals surface area (Å²) >= 11 is 1.13. The second kappa shape index (κ2) is 23.1. The fraction of sp³-hybridized carbons (Fsp3) is 0.733. The number of imidazole rings is 1. The van der Waals surface area contributed by atoms with Crippen LogP contribution in [0.25, 0.3) is 11.2 Å². The van der Waals surface area contributed by atoms with Gasteiger partial charge in [0.05, 0.1) is 25.6 Å². The molecule has 414 valence electrons. The quantitative estimate of drug-likeness (QED) is 0.0453. The molecule has 0 spiro atoms. The summed E-state index contributed by atoms with van der Waals surface area (Å²) in [7, 11) is -16.5. The van der Waals surface area contributed by atoms with Crippen molar-refractivity contribution in [3.05, 3.63) is 36.0 Å². The van der Waals surface area contributed by atoms with E-state index < -0.39 is 84.6 Å². The largest absolute Gasteiger partial charge is 0.481 e. The number of amides is 2. The van der Waals surface area contributed by atoms with Gasteiger partial charge in [0.1, 0.15) is 36.3 Å². The Hall–Kier alpha value is -3.00. The molecule has 3 saturated carbocycles. The molecular weight excluding hydrogens is 1050 g/mol. The van der Waals surface area contributed by atoms with Gasteiger partial charge in [0.25, 0.3) is 0 Å². The first-order valence-electron chi connectivity index (χ1n) is 24.6. The number of allylic oxidation sites excluding steroid dienone is 3. The Morgan fingerprint density at radius 1 is 1.00 bits per heavy atom. The lowest BCUT2D eigenvalue weighted by molar-refractivity contribution is -0.137. The highest BCUT2D eigenvalue weighted by Gasteiger charge is 2.59. The predicted octanol–water partition coefficient (Wildman–Crippen LogP) is 3.94. The van der Waals surface area contributed by atoms with Gasteiger partial charge in [-0.15, -0.1) is 0 Å². The van der Waals surface area contributed by atoms with E-state index in [4.69, 9.17) is 19.5 Å². The Morgan fingerprint density at radius 3 is 2.46 bits per heavy atom. The molecule has 2 amide bonds. The van der Waals surface area contributed by atoms with Gasteiger partial charge in [0, 0.05) is 37.1 Å². The maximum absolute atomic E-state index is 12.9. The average molecular weight is 1120 g/mol. The Morgan fingerprint density at radius 2 is 1.73 bits per heavy atom. The summed E-state index contributed by atoms with van der Waals surface area (Å²) in [6.07, 6.45) is 6.21. The molecule has 3 heterocycles. The van der Waals surface area contributed by atoms with Crippen LogP contribution in [0.15, 0.2) is 36.0 Å². The molecule has 11 N–H and O–H groups in total. The van der Waals surface area contributed by atoms with E-state index in [1.807, 2.05) is 0 Å². The number of nitrogens with one attached hydrogen (secondary N) is 2. The number of fused-ring (bicyclic) bond motifs is 6. The topological polar surface area (TPSA) is 384 Å². The van der Waals surface area contributed by atoms with Crippen LogP contribution in [0.4, 0.5) is 5.82 Å². The van der Waals surface area contributed by atoms with E-state index in [0.717, 1.165) is 61.1 Å². The average Bonchev–Trinajstić information content (AvgIpc) is 4.00. The van der Waals surface area contributed by atoms with Crippen LogP contribution in [0.3, 0.4) is 0 Å². The third-order valence-electron chi connectivity index (χ3n) is 16.0. The van der Waals surface area contributed by atoms with Gasteiger partial charge in [-0.3, -0.25) is 32.5 Å². The fourth-order valence-corrected chi connectivity index (χ4v) is 15.6. The van der Waals surface area contributed by atoms with Crippen molar-refractivity contribution < 1.29 is 85.6 Å². The standard InChI is InChI=1S/C45H70N7O18P3S/c1-25(29-9-10-30-28-8-7-26-20-27(53)12-15-44(26,4)31(28)13-16-45(29,30)5)6-11-34(55)74-19-18-47-33(54)14-17-48-41(58)38(57)43(2,3)22-67-73(64,65)70-72(62,63)66-21-32-37(69-71(59,60)61)36(56)42(68-32)52-24-51-35-39(46)49-23-50-40(35)52/h6-7,23-24,27-32,36-38,42,53,56-57H,8-22H2,1-5H3,(H,47,54)(H,48,58)(H,62,63)(H,64,65)(H2,46,49,50)(H2,59,60,61)/b25-6-/t27-,28-,29+,30-,31-,32+,36+,37+,38-,42+,44-,45+/m0/s1. The van der Waals surface area contributed by atoms with Gasteiger partial charge in [0.15, 0.2) is 22.8 Å². The summed E-state index contributed by atoms with van der Waals surface area (Å²) < 4.78 is 62.7.